The maximum absolute atomic E-state index is 13.7. The van der Waals surface area contributed by atoms with Gasteiger partial charge < -0.3 is 9.26 Å². The lowest BCUT2D eigenvalue weighted by Gasteiger charge is -2.04. The highest BCUT2D eigenvalue weighted by molar-refractivity contribution is 6.33. The van der Waals surface area contributed by atoms with E-state index < -0.39 is 17.6 Å². The standard InChI is InChI=1S/C17H11ClF2N2O3/c1-9-5-6-10(7-13(9)20)16-21-14(25-22-16)8-24-17(23)15-11(18)3-2-4-12(15)19/h2-7H,8H2,1H3. The fourth-order valence-corrected chi connectivity index (χ4v) is 2.30. The molecule has 0 aliphatic heterocycles. The summed E-state index contributed by atoms with van der Waals surface area (Å²) >= 11 is 5.79. The van der Waals surface area contributed by atoms with E-state index in [2.05, 4.69) is 10.1 Å². The molecule has 0 radical (unpaired) electrons. The Kier molecular flexibility index (Phi) is 4.76. The van der Waals surface area contributed by atoms with Crippen LogP contribution in [-0.4, -0.2) is 16.1 Å². The lowest BCUT2D eigenvalue weighted by atomic mass is 10.1. The summed E-state index contributed by atoms with van der Waals surface area (Å²) in [5, 5.41) is 3.64. The van der Waals surface area contributed by atoms with Gasteiger partial charge in [0.05, 0.1) is 5.02 Å². The third kappa shape index (κ3) is 3.66. The largest absolute Gasteiger partial charge is 0.452 e. The van der Waals surface area contributed by atoms with Gasteiger partial charge in [-0.15, -0.1) is 0 Å². The van der Waals surface area contributed by atoms with Gasteiger partial charge in [0.15, 0.2) is 6.61 Å². The van der Waals surface area contributed by atoms with Crippen molar-refractivity contribution in [2.45, 2.75) is 13.5 Å². The van der Waals surface area contributed by atoms with Crippen molar-refractivity contribution in [2.75, 3.05) is 0 Å². The molecule has 0 bridgehead atoms. The van der Waals surface area contributed by atoms with Gasteiger partial charge >= 0.3 is 5.97 Å². The molecule has 1 heterocycles. The molecule has 0 spiro atoms. The average molecular weight is 365 g/mol. The molecule has 0 aliphatic rings. The van der Waals surface area contributed by atoms with Crippen molar-refractivity contribution < 1.29 is 22.8 Å². The van der Waals surface area contributed by atoms with Gasteiger partial charge in [-0.25, -0.2) is 13.6 Å². The monoisotopic (exact) mass is 364 g/mol. The van der Waals surface area contributed by atoms with E-state index in [-0.39, 0.29) is 28.9 Å². The summed E-state index contributed by atoms with van der Waals surface area (Å²) in [6.45, 7) is 1.26. The van der Waals surface area contributed by atoms with Crippen LogP contribution in [0.5, 0.6) is 0 Å². The van der Waals surface area contributed by atoms with Gasteiger partial charge in [-0.3, -0.25) is 0 Å². The van der Waals surface area contributed by atoms with Crippen LogP contribution in [0.25, 0.3) is 11.4 Å². The molecule has 0 saturated carbocycles. The molecular weight excluding hydrogens is 354 g/mol. The zero-order chi connectivity index (χ0) is 18.0. The predicted octanol–water partition coefficient (Wildman–Crippen LogP) is 4.33. The van der Waals surface area contributed by atoms with E-state index in [0.717, 1.165) is 6.07 Å². The predicted molar refractivity (Wildman–Crippen MR) is 85.0 cm³/mol. The topological polar surface area (TPSA) is 65.2 Å². The smallest absolute Gasteiger partial charge is 0.343 e. The highest BCUT2D eigenvalue weighted by atomic mass is 35.5. The number of hydrogen-bond acceptors (Lipinski definition) is 5. The Bertz CT molecular complexity index is 923. The molecule has 0 unspecified atom stereocenters. The van der Waals surface area contributed by atoms with Crippen molar-refractivity contribution >= 4 is 17.6 Å². The molecule has 0 fully saturated rings. The maximum atomic E-state index is 13.7. The minimum Gasteiger partial charge on any atom is -0.452 e. The molecule has 0 N–H and O–H groups in total. The SMILES string of the molecule is Cc1ccc(-c2noc(COC(=O)c3c(F)cccc3Cl)n2)cc1F. The molecule has 25 heavy (non-hydrogen) atoms. The van der Waals surface area contributed by atoms with Crippen molar-refractivity contribution in [1.29, 1.82) is 0 Å². The first kappa shape index (κ1) is 17.0. The first-order valence-corrected chi connectivity index (χ1v) is 7.53. The summed E-state index contributed by atoms with van der Waals surface area (Å²) < 4.78 is 37.1. The molecule has 2 aromatic carbocycles. The molecule has 3 rings (SSSR count). The second-order valence-electron chi connectivity index (χ2n) is 5.15. The molecule has 0 aliphatic carbocycles. The number of aryl methyl sites for hydroxylation is 1. The summed E-state index contributed by atoms with van der Waals surface area (Å²) in [6.07, 6.45) is 0. The van der Waals surface area contributed by atoms with Gasteiger partial charge in [0, 0.05) is 5.56 Å². The number of benzene rings is 2. The Morgan fingerprint density at radius 2 is 2.04 bits per heavy atom. The van der Waals surface area contributed by atoms with Gasteiger partial charge in [-0.05, 0) is 30.7 Å². The van der Waals surface area contributed by atoms with Crippen molar-refractivity contribution in [3.05, 3.63) is 70.1 Å². The van der Waals surface area contributed by atoms with Crippen molar-refractivity contribution in [3.8, 4) is 11.4 Å². The van der Waals surface area contributed by atoms with Gasteiger partial charge in [0.25, 0.3) is 5.89 Å². The molecule has 128 valence electrons. The normalized spacial score (nSPS) is 10.7. The van der Waals surface area contributed by atoms with E-state index in [4.69, 9.17) is 20.9 Å². The van der Waals surface area contributed by atoms with E-state index in [1.807, 2.05) is 0 Å². The van der Waals surface area contributed by atoms with E-state index >= 15 is 0 Å². The minimum atomic E-state index is -0.954. The Labute approximate surface area is 146 Å². The quantitative estimate of drug-likeness (QED) is 0.644. The molecule has 1 aromatic heterocycles. The third-order valence-corrected chi connectivity index (χ3v) is 3.71. The van der Waals surface area contributed by atoms with E-state index in [1.165, 1.54) is 18.2 Å². The number of carbonyl (C=O) groups is 1. The van der Waals surface area contributed by atoms with Crippen molar-refractivity contribution in [2.24, 2.45) is 0 Å². The van der Waals surface area contributed by atoms with E-state index in [9.17, 15) is 13.6 Å². The summed E-state index contributed by atoms with van der Waals surface area (Å²) in [7, 11) is 0. The molecule has 8 heteroatoms. The fraction of sp³-hybridized carbons (Fsp3) is 0.118. The second kappa shape index (κ2) is 6.98. The second-order valence-corrected chi connectivity index (χ2v) is 5.56. The number of esters is 1. The molecule has 0 saturated heterocycles. The Morgan fingerprint density at radius 1 is 1.24 bits per heavy atom. The van der Waals surface area contributed by atoms with Crippen LogP contribution < -0.4 is 0 Å². The number of aromatic nitrogens is 2. The molecule has 3 aromatic rings. The minimum absolute atomic E-state index is 0.0169. The van der Waals surface area contributed by atoms with Crippen LogP contribution in [0.1, 0.15) is 21.8 Å². The zero-order valence-electron chi connectivity index (χ0n) is 12.9. The Hall–Kier alpha value is -2.80. The number of ether oxygens (including phenoxy) is 1. The van der Waals surface area contributed by atoms with Crippen LogP contribution in [0.3, 0.4) is 0 Å². The Morgan fingerprint density at radius 3 is 2.76 bits per heavy atom. The van der Waals surface area contributed by atoms with Crippen LogP contribution in [0.15, 0.2) is 40.9 Å². The first-order chi connectivity index (χ1) is 12.0. The maximum Gasteiger partial charge on any atom is 0.343 e. The molecule has 0 amide bonds. The van der Waals surface area contributed by atoms with E-state index in [1.54, 1.807) is 19.1 Å². The summed E-state index contributed by atoms with van der Waals surface area (Å²) in [6, 6.07) is 8.34. The van der Waals surface area contributed by atoms with Crippen LogP contribution in [-0.2, 0) is 11.3 Å². The number of halogens is 3. The number of carbonyl (C=O) groups excluding carboxylic acids is 1. The van der Waals surface area contributed by atoms with Gasteiger partial charge in [0.2, 0.25) is 5.82 Å². The highest BCUT2D eigenvalue weighted by Crippen LogP contribution is 2.21. The number of hydrogen-bond donors (Lipinski definition) is 0. The van der Waals surface area contributed by atoms with Gasteiger partial charge in [0.1, 0.15) is 17.2 Å². The van der Waals surface area contributed by atoms with Crippen LogP contribution in [0.2, 0.25) is 5.02 Å². The lowest BCUT2D eigenvalue weighted by molar-refractivity contribution is 0.0424. The third-order valence-electron chi connectivity index (χ3n) is 3.39. The zero-order valence-corrected chi connectivity index (χ0v) is 13.7. The summed E-state index contributed by atoms with van der Waals surface area (Å²) in [4.78, 5) is 15.9. The molecule has 5 nitrogen and oxygen atoms in total. The van der Waals surface area contributed by atoms with Crippen LogP contribution in [0, 0.1) is 18.6 Å². The number of rotatable bonds is 4. The van der Waals surface area contributed by atoms with Crippen molar-refractivity contribution in [1.82, 2.24) is 10.1 Å². The number of nitrogens with zero attached hydrogens (tertiary/aromatic N) is 2. The average Bonchev–Trinajstić information content (AvgIpc) is 3.04. The molecular formula is C17H11ClF2N2O3. The van der Waals surface area contributed by atoms with Crippen molar-refractivity contribution in [3.63, 3.8) is 0 Å². The Balaban J connectivity index is 1.71. The molecule has 0 atom stereocenters. The lowest BCUT2D eigenvalue weighted by Crippen LogP contribution is -2.08. The first-order valence-electron chi connectivity index (χ1n) is 7.16. The van der Waals surface area contributed by atoms with Crippen LogP contribution in [0.4, 0.5) is 8.78 Å². The van der Waals surface area contributed by atoms with Crippen LogP contribution >= 0.6 is 11.6 Å². The highest BCUT2D eigenvalue weighted by Gasteiger charge is 2.19. The van der Waals surface area contributed by atoms with Gasteiger partial charge in [-0.2, -0.15) is 4.98 Å². The fourth-order valence-electron chi connectivity index (χ4n) is 2.05. The van der Waals surface area contributed by atoms with E-state index in [0.29, 0.717) is 11.1 Å². The summed E-state index contributed by atoms with van der Waals surface area (Å²) in [5.74, 6) is -2.02. The van der Waals surface area contributed by atoms with Gasteiger partial charge in [-0.1, -0.05) is 35.0 Å². The summed E-state index contributed by atoms with van der Waals surface area (Å²) in [5.41, 5.74) is 0.536.